The molecule has 1 saturated heterocycles. The van der Waals surface area contributed by atoms with Gasteiger partial charge in [-0.2, -0.15) is 0 Å². The molecule has 0 bridgehead atoms. The van der Waals surface area contributed by atoms with Crippen LogP contribution in [0.15, 0.2) is 52.1 Å². The Bertz CT molecular complexity index is 769. The van der Waals surface area contributed by atoms with Crippen molar-refractivity contribution < 1.29 is 18.6 Å². The van der Waals surface area contributed by atoms with Gasteiger partial charge in [0.15, 0.2) is 5.96 Å². The average Bonchev–Trinajstić information content (AvgIpc) is 3.34. The van der Waals surface area contributed by atoms with Crippen molar-refractivity contribution in [2.45, 2.75) is 38.2 Å². The molecule has 2 heterocycles. The van der Waals surface area contributed by atoms with Crippen molar-refractivity contribution in [3.63, 3.8) is 0 Å². The molecule has 7 heteroatoms. The van der Waals surface area contributed by atoms with Gasteiger partial charge in [0.1, 0.15) is 18.1 Å². The maximum atomic E-state index is 5.65. The van der Waals surface area contributed by atoms with Crippen LogP contribution in [-0.4, -0.2) is 52.5 Å². The summed E-state index contributed by atoms with van der Waals surface area (Å²) in [5, 5.41) is 6.78. The molecule has 170 valence electrons. The summed E-state index contributed by atoms with van der Waals surface area (Å²) < 4.78 is 21.9. The van der Waals surface area contributed by atoms with Crippen molar-refractivity contribution in [1.29, 1.82) is 0 Å². The number of benzene rings is 1. The molecule has 0 aliphatic carbocycles. The fourth-order valence-electron chi connectivity index (χ4n) is 3.77. The SMILES string of the molecule is CCNC(=NCC1(c2ccc(OC)cc2)CCOCC1)NCCCOCc1ccco1. The highest BCUT2D eigenvalue weighted by Gasteiger charge is 2.34. The second kappa shape index (κ2) is 12.4. The van der Waals surface area contributed by atoms with E-state index in [1.165, 1.54) is 5.56 Å². The van der Waals surface area contributed by atoms with Crippen LogP contribution in [0.25, 0.3) is 0 Å². The number of ether oxygens (including phenoxy) is 3. The van der Waals surface area contributed by atoms with Crippen LogP contribution in [-0.2, 0) is 21.5 Å². The van der Waals surface area contributed by atoms with E-state index >= 15 is 0 Å². The molecule has 0 unspecified atom stereocenters. The van der Waals surface area contributed by atoms with Crippen molar-refractivity contribution in [2.24, 2.45) is 4.99 Å². The van der Waals surface area contributed by atoms with Crippen molar-refractivity contribution in [1.82, 2.24) is 10.6 Å². The third kappa shape index (κ3) is 7.01. The quantitative estimate of drug-likeness (QED) is 0.323. The van der Waals surface area contributed by atoms with Gasteiger partial charge in [0.05, 0.1) is 19.9 Å². The number of hydrogen-bond donors (Lipinski definition) is 2. The molecule has 7 nitrogen and oxygen atoms in total. The first-order valence-corrected chi connectivity index (χ1v) is 11.1. The summed E-state index contributed by atoms with van der Waals surface area (Å²) in [5.74, 6) is 2.56. The Hall–Kier alpha value is -2.51. The van der Waals surface area contributed by atoms with Crippen molar-refractivity contribution in [3.05, 3.63) is 54.0 Å². The van der Waals surface area contributed by atoms with E-state index in [9.17, 15) is 0 Å². The lowest BCUT2D eigenvalue weighted by Crippen LogP contribution is -2.41. The third-order valence-electron chi connectivity index (χ3n) is 5.62. The maximum absolute atomic E-state index is 5.65. The second-order valence-corrected chi connectivity index (χ2v) is 7.73. The fourth-order valence-corrected chi connectivity index (χ4v) is 3.77. The molecule has 1 aliphatic heterocycles. The Morgan fingerprint density at radius 3 is 2.61 bits per heavy atom. The van der Waals surface area contributed by atoms with E-state index < -0.39 is 0 Å². The average molecular weight is 430 g/mol. The van der Waals surface area contributed by atoms with E-state index in [0.717, 1.165) is 63.0 Å². The highest BCUT2D eigenvalue weighted by Crippen LogP contribution is 2.36. The molecule has 0 spiro atoms. The summed E-state index contributed by atoms with van der Waals surface area (Å²) in [4.78, 5) is 4.94. The van der Waals surface area contributed by atoms with Gasteiger partial charge in [-0.1, -0.05) is 12.1 Å². The summed E-state index contributed by atoms with van der Waals surface area (Å²) >= 11 is 0. The fraction of sp³-hybridized carbons (Fsp3) is 0.542. The summed E-state index contributed by atoms with van der Waals surface area (Å²) in [6.45, 7) is 7.11. The predicted molar refractivity (Wildman–Crippen MR) is 122 cm³/mol. The Morgan fingerprint density at radius 2 is 1.94 bits per heavy atom. The number of nitrogens with zero attached hydrogens (tertiary/aromatic N) is 1. The van der Waals surface area contributed by atoms with Gasteiger partial charge in [-0.15, -0.1) is 0 Å². The minimum atomic E-state index is -0.0149. The summed E-state index contributed by atoms with van der Waals surface area (Å²) in [5.41, 5.74) is 1.28. The molecular weight excluding hydrogens is 394 g/mol. The van der Waals surface area contributed by atoms with Gasteiger partial charge in [0.25, 0.3) is 0 Å². The van der Waals surface area contributed by atoms with Crippen LogP contribution in [0, 0.1) is 0 Å². The van der Waals surface area contributed by atoms with Gasteiger partial charge in [0.2, 0.25) is 0 Å². The minimum absolute atomic E-state index is 0.0149. The third-order valence-corrected chi connectivity index (χ3v) is 5.62. The van der Waals surface area contributed by atoms with E-state index in [-0.39, 0.29) is 5.41 Å². The van der Waals surface area contributed by atoms with Gasteiger partial charge in [-0.05, 0) is 56.0 Å². The lowest BCUT2D eigenvalue weighted by molar-refractivity contribution is 0.0531. The Labute approximate surface area is 185 Å². The number of rotatable bonds is 11. The zero-order chi connectivity index (χ0) is 21.8. The Kier molecular flexibility index (Phi) is 9.24. The number of guanidine groups is 1. The maximum Gasteiger partial charge on any atom is 0.191 e. The molecule has 1 aromatic heterocycles. The van der Waals surface area contributed by atoms with Crippen LogP contribution >= 0.6 is 0 Å². The first-order chi connectivity index (χ1) is 15.3. The van der Waals surface area contributed by atoms with Crippen LogP contribution in [0.3, 0.4) is 0 Å². The number of aliphatic imine (C=N–C) groups is 1. The van der Waals surface area contributed by atoms with Crippen LogP contribution in [0.5, 0.6) is 5.75 Å². The molecule has 3 rings (SSSR count). The number of nitrogens with one attached hydrogen (secondary N) is 2. The van der Waals surface area contributed by atoms with E-state index in [0.29, 0.717) is 19.8 Å². The Balaban J connectivity index is 1.54. The first-order valence-electron chi connectivity index (χ1n) is 11.1. The largest absolute Gasteiger partial charge is 0.497 e. The van der Waals surface area contributed by atoms with Crippen LogP contribution < -0.4 is 15.4 Å². The number of furan rings is 1. The zero-order valence-corrected chi connectivity index (χ0v) is 18.7. The second-order valence-electron chi connectivity index (χ2n) is 7.73. The van der Waals surface area contributed by atoms with Crippen molar-refractivity contribution in [2.75, 3.05) is 46.6 Å². The molecule has 2 N–H and O–H groups in total. The molecule has 1 fully saturated rings. The van der Waals surface area contributed by atoms with Crippen LogP contribution in [0.4, 0.5) is 0 Å². The monoisotopic (exact) mass is 429 g/mol. The number of hydrogen-bond acceptors (Lipinski definition) is 5. The molecule has 0 radical (unpaired) electrons. The molecular formula is C24H35N3O4. The van der Waals surface area contributed by atoms with Gasteiger partial charge in [-0.3, -0.25) is 4.99 Å². The Morgan fingerprint density at radius 1 is 1.13 bits per heavy atom. The molecule has 31 heavy (non-hydrogen) atoms. The molecule has 1 aliphatic rings. The van der Waals surface area contributed by atoms with Crippen LogP contribution in [0.1, 0.15) is 37.5 Å². The van der Waals surface area contributed by atoms with E-state index in [2.05, 4.69) is 29.7 Å². The van der Waals surface area contributed by atoms with Gasteiger partial charge in [-0.25, -0.2) is 0 Å². The predicted octanol–water partition coefficient (Wildman–Crippen LogP) is 3.50. The van der Waals surface area contributed by atoms with Crippen LogP contribution in [0.2, 0.25) is 0 Å². The van der Waals surface area contributed by atoms with Gasteiger partial charge < -0.3 is 29.3 Å². The highest BCUT2D eigenvalue weighted by molar-refractivity contribution is 5.79. The standard InChI is InChI=1S/C24H35N3O4/c1-3-25-23(26-13-5-14-30-18-22-6-4-15-31-22)27-19-24(11-16-29-17-12-24)20-7-9-21(28-2)10-8-20/h4,6-10,15H,3,5,11-14,16-19H2,1-2H3,(H2,25,26,27). The summed E-state index contributed by atoms with van der Waals surface area (Å²) in [6, 6.07) is 12.2. The van der Waals surface area contributed by atoms with Gasteiger partial charge >= 0.3 is 0 Å². The van der Waals surface area contributed by atoms with Gasteiger partial charge in [0, 0.05) is 38.3 Å². The summed E-state index contributed by atoms with van der Waals surface area (Å²) in [6.07, 6.45) is 4.48. The minimum Gasteiger partial charge on any atom is -0.497 e. The smallest absolute Gasteiger partial charge is 0.191 e. The van der Waals surface area contributed by atoms with Crippen molar-refractivity contribution >= 4 is 5.96 Å². The van der Waals surface area contributed by atoms with E-state index in [1.54, 1.807) is 13.4 Å². The highest BCUT2D eigenvalue weighted by atomic mass is 16.5. The van der Waals surface area contributed by atoms with E-state index in [4.69, 9.17) is 23.6 Å². The normalized spacial score (nSPS) is 16.1. The first kappa shape index (κ1) is 23.2. The molecule has 1 aromatic carbocycles. The summed E-state index contributed by atoms with van der Waals surface area (Å²) in [7, 11) is 1.69. The molecule has 0 amide bonds. The van der Waals surface area contributed by atoms with E-state index in [1.807, 2.05) is 24.3 Å². The lowest BCUT2D eigenvalue weighted by Gasteiger charge is -2.36. The molecule has 2 aromatic rings. The van der Waals surface area contributed by atoms with Crippen molar-refractivity contribution in [3.8, 4) is 5.75 Å². The topological polar surface area (TPSA) is 77.3 Å². The lowest BCUT2D eigenvalue weighted by atomic mass is 9.74. The molecule has 0 saturated carbocycles. The zero-order valence-electron chi connectivity index (χ0n) is 18.7. The molecule has 0 atom stereocenters. The number of methoxy groups -OCH3 is 1.